The lowest BCUT2D eigenvalue weighted by molar-refractivity contribution is -0.128. The van der Waals surface area contributed by atoms with Crippen molar-refractivity contribution in [3.05, 3.63) is 35.4 Å². The number of Topliss-reactive ketones (excluding diaryl/α,β-unsaturated/α-hetero) is 1. The van der Waals surface area contributed by atoms with Crippen molar-refractivity contribution in [3.63, 3.8) is 0 Å². The van der Waals surface area contributed by atoms with Gasteiger partial charge in [-0.1, -0.05) is 26.8 Å². The second-order valence-corrected chi connectivity index (χ2v) is 5.33. The van der Waals surface area contributed by atoms with Crippen LogP contribution in [0.5, 0.6) is 0 Å². The molecular weight excluding hydrogens is 252 g/mol. The number of carbonyl (C=O) groups is 2. The first-order chi connectivity index (χ1) is 8.71. The van der Waals surface area contributed by atoms with Gasteiger partial charge in [0.25, 0.3) is 0 Å². The molecule has 1 aromatic rings. The Morgan fingerprint density at radius 2 is 1.68 bits per heavy atom. The van der Waals surface area contributed by atoms with E-state index in [2.05, 4.69) is 5.32 Å². The number of ketones is 1. The van der Waals surface area contributed by atoms with Crippen LogP contribution in [0.3, 0.4) is 0 Å². The van der Waals surface area contributed by atoms with Crippen LogP contribution >= 0.6 is 0 Å². The smallest absolute Gasteiger partial charge is 0.225 e. The maximum atomic E-state index is 13.3. The molecule has 0 aliphatic carbocycles. The van der Waals surface area contributed by atoms with E-state index in [0.717, 1.165) is 12.1 Å². The van der Waals surface area contributed by atoms with Crippen LogP contribution in [0.1, 0.15) is 26.3 Å². The van der Waals surface area contributed by atoms with Gasteiger partial charge in [-0.2, -0.15) is 0 Å². The van der Waals surface area contributed by atoms with Crippen molar-refractivity contribution < 1.29 is 18.4 Å². The maximum absolute atomic E-state index is 13.3. The minimum absolute atomic E-state index is 0.140. The Morgan fingerprint density at radius 3 is 2.16 bits per heavy atom. The third-order valence-corrected chi connectivity index (χ3v) is 2.68. The lowest BCUT2D eigenvalue weighted by Crippen LogP contribution is -2.36. The highest BCUT2D eigenvalue weighted by atomic mass is 19.1. The average Bonchev–Trinajstić information content (AvgIpc) is 2.29. The quantitative estimate of drug-likeness (QED) is 0.911. The van der Waals surface area contributed by atoms with Gasteiger partial charge >= 0.3 is 0 Å². The number of halogens is 2. The van der Waals surface area contributed by atoms with E-state index in [4.69, 9.17) is 0 Å². The Balaban J connectivity index is 2.60. The van der Waals surface area contributed by atoms with Crippen LogP contribution in [-0.2, 0) is 16.0 Å². The Morgan fingerprint density at radius 1 is 1.16 bits per heavy atom. The number of benzene rings is 1. The lowest BCUT2D eigenvalue weighted by atomic mass is 9.91. The molecule has 0 unspecified atom stereocenters. The molecule has 1 N–H and O–H groups in total. The largest absolute Gasteiger partial charge is 0.349 e. The van der Waals surface area contributed by atoms with E-state index in [0.29, 0.717) is 0 Å². The minimum Gasteiger partial charge on any atom is -0.349 e. The van der Waals surface area contributed by atoms with Crippen LogP contribution < -0.4 is 5.32 Å². The van der Waals surface area contributed by atoms with Crippen LogP contribution in [0, 0.1) is 17.0 Å². The Labute approximate surface area is 111 Å². The molecule has 0 aliphatic rings. The van der Waals surface area contributed by atoms with E-state index >= 15 is 0 Å². The molecule has 0 bridgehead atoms. The van der Waals surface area contributed by atoms with E-state index in [9.17, 15) is 18.4 Å². The number of carbonyl (C=O) groups excluding carboxylic acids is 2. The third kappa shape index (κ3) is 4.43. The molecule has 0 radical (unpaired) electrons. The molecule has 0 spiro atoms. The Kier molecular flexibility index (Phi) is 4.75. The van der Waals surface area contributed by atoms with Crippen molar-refractivity contribution in [1.82, 2.24) is 5.32 Å². The van der Waals surface area contributed by atoms with Gasteiger partial charge in [0, 0.05) is 11.0 Å². The normalized spacial score (nSPS) is 11.2. The van der Waals surface area contributed by atoms with E-state index in [1.54, 1.807) is 20.8 Å². The molecule has 3 nitrogen and oxygen atoms in total. The van der Waals surface area contributed by atoms with Gasteiger partial charge in [0.1, 0.15) is 11.6 Å². The van der Waals surface area contributed by atoms with E-state index in [1.165, 1.54) is 6.07 Å². The highest BCUT2D eigenvalue weighted by Gasteiger charge is 2.21. The zero-order valence-electron chi connectivity index (χ0n) is 11.2. The highest BCUT2D eigenvalue weighted by Crippen LogP contribution is 2.14. The predicted octanol–water partition coefficient (Wildman–Crippen LogP) is 2.24. The molecule has 0 aliphatic heterocycles. The van der Waals surface area contributed by atoms with Crippen molar-refractivity contribution in [3.8, 4) is 0 Å². The van der Waals surface area contributed by atoms with Gasteiger partial charge in [-0.05, 0) is 12.1 Å². The molecule has 0 atom stereocenters. The summed E-state index contributed by atoms with van der Waals surface area (Å²) in [5.41, 5.74) is -0.848. The van der Waals surface area contributed by atoms with Crippen LogP contribution in [0.4, 0.5) is 8.78 Å². The van der Waals surface area contributed by atoms with Crippen molar-refractivity contribution in [2.24, 2.45) is 5.41 Å². The highest BCUT2D eigenvalue weighted by molar-refractivity contribution is 5.89. The molecule has 104 valence electrons. The van der Waals surface area contributed by atoms with E-state index in [-0.39, 0.29) is 17.9 Å². The molecule has 0 aromatic heterocycles. The summed E-state index contributed by atoms with van der Waals surface area (Å²) < 4.78 is 26.6. The van der Waals surface area contributed by atoms with Crippen LogP contribution in [0.25, 0.3) is 0 Å². The zero-order valence-corrected chi connectivity index (χ0v) is 11.2. The van der Waals surface area contributed by atoms with Gasteiger partial charge in [0.05, 0.1) is 13.0 Å². The molecular formula is C14H17F2NO2. The summed E-state index contributed by atoms with van der Waals surface area (Å²) in [5, 5.41) is 2.37. The summed E-state index contributed by atoms with van der Waals surface area (Å²) in [6.45, 7) is 5.06. The first-order valence-corrected chi connectivity index (χ1v) is 5.94. The number of hydrogen-bond acceptors (Lipinski definition) is 2. The predicted molar refractivity (Wildman–Crippen MR) is 67.5 cm³/mol. The standard InChI is InChI=1S/C14H17F2NO2/c1-14(2,3)12(18)8-17-13(19)7-9-10(15)5-4-6-11(9)16/h4-6H,7-8H2,1-3H3,(H,17,19). The average molecular weight is 269 g/mol. The van der Waals surface area contributed by atoms with E-state index in [1.807, 2.05) is 0 Å². The SMILES string of the molecule is CC(C)(C)C(=O)CNC(=O)Cc1c(F)cccc1F. The molecule has 1 aromatic carbocycles. The monoisotopic (exact) mass is 269 g/mol. The molecule has 1 rings (SSSR count). The number of rotatable bonds is 4. The molecule has 1 amide bonds. The zero-order chi connectivity index (χ0) is 14.6. The van der Waals surface area contributed by atoms with Gasteiger partial charge in [0.15, 0.2) is 5.78 Å². The molecule has 0 heterocycles. The fraction of sp³-hybridized carbons (Fsp3) is 0.429. The van der Waals surface area contributed by atoms with Crippen molar-refractivity contribution in [1.29, 1.82) is 0 Å². The molecule has 5 heteroatoms. The summed E-state index contributed by atoms with van der Waals surface area (Å²) in [6.07, 6.45) is -0.421. The first kappa shape index (κ1) is 15.3. The molecule has 0 saturated heterocycles. The summed E-state index contributed by atoms with van der Waals surface area (Å²) >= 11 is 0. The summed E-state index contributed by atoms with van der Waals surface area (Å²) in [6, 6.07) is 3.41. The second kappa shape index (κ2) is 5.91. The van der Waals surface area contributed by atoms with Gasteiger partial charge in [-0.25, -0.2) is 8.78 Å². The van der Waals surface area contributed by atoms with Crippen molar-refractivity contribution >= 4 is 11.7 Å². The minimum atomic E-state index is -0.766. The molecule has 0 fully saturated rings. The lowest BCUT2D eigenvalue weighted by Gasteiger charge is -2.16. The van der Waals surface area contributed by atoms with Crippen molar-refractivity contribution in [2.75, 3.05) is 6.54 Å². The number of nitrogens with one attached hydrogen (secondary N) is 1. The van der Waals surface area contributed by atoms with Crippen molar-refractivity contribution in [2.45, 2.75) is 27.2 Å². The maximum Gasteiger partial charge on any atom is 0.225 e. The van der Waals surface area contributed by atoms with Gasteiger partial charge < -0.3 is 5.32 Å². The summed E-state index contributed by atoms with van der Waals surface area (Å²) in [5.74, 6) is -2.26. The van der Waals surface area contributed by atoms with Crippen LogP contribution in [0.15, 0.2) is 18.2 Å². The Bertz CT molecular complexity index is 472. The molecule has 0 saturated carbocycles. The fourth-order valence-electron chi connectivity index (χ4n) is 1.37. The Hall–Kier alpha value is -1.78. The molecule has 19 heavy (non-hydrogen) atoms. The first-order valence-electron chi connectivity index (χ1n) is 5.94. The number of amides is 1. The summed E-state index contributed by atoms with van der Waals surface area (Å²) in [4.78, 5) is 23.1. The van der Waals surface area contributed by atoms with Gasteiger partial charge in [-0.15, -0.1) is 0 Å². The van der Waals surface area contributed by atoms with E-state index < -0.39 is 29.4 Å². The number of hydrogen-bond donors (Lipinski definition) is 1. The van der Waals surface area contributed by atoms with Crippen LogP contribution in [0.2, 0.25) is 0 Å². The second-order valence-electron chi connectivity index (χ2n) is 5.33. The topological polar surface area (TPSA) is 46.2 Å². The van der Waals surface area contributed by atoms with Gasteiger partial charge in [-0.3, -0.25) is 9.59 Å². The third-order valence-electron chi connectivity index (χ3n) is 2.68. The van der Waals surface area contributed by atoms with Crippen LogP contribution in [-0.4, -0.2) is 18.2 Å². The summed E-state index contributed by atoms with van der Waals surface area (Å²) in [7, 11) is 0. The van der Waals surface area contributed by atoms with Gasteiger partial charge in [0.2, 0.25) is 5.91 Å². The fourth-order valence-corrected chi connectivity index (χ4v) is 1.37.